The fourth-order valence-corrected chi connectivity index (χ4v) is 0.886. The molecule has 0 spiro atoms. The molecule has 0 aliphatic heterocycles. The first-order valence-electron chi connectivity index (χ1n) is 3.38. The second kappa shape index (κ2) is 2.75. The molecule has 0 amide bonds. The summed E-state index contributed by atoms with van der Waals surface area (Å²) in [6, 6.07) is 3.39. The Bertz CT molecular complexity index is 257. The molecule has 0 radical (unpaired) electrons. The van der Waals surface area contributed by atoms with Gasteiger partial charge in [0.05, 0.1) is 0 Å². The van der Waals surface area contributed by atoms with Crippen molar-refractivity contribution in [2.24, 2.45) is 5.73 Å². The molecule has 60 valence electrons. The van der Waals surface area contributed by atoms with Crippen LogP contribution >= 0.6 is 0 Å². The van der Waals surface area contributed by atoms with Crippen molar-refractivity contribution in [3.05, 3.63) is 17.7 Å². The van der Waals surface area contributed by atoms with E-state index in [1.54, 1.807) is 12.1 Å². The molecule has 6 N–H and O–H groups in total. The van der Waals surface area contributed by atoms with Crippen LogP contribution in [-0.4, -0.2) is 4.98 Å². The Kier molecular flexibility index (Phi) is 1.96. The molecule has 0 saturated heterocycles. The average molecular weight is 152 g/mol. The van der Waals surface area contributed by atoms with Gasteiger partial charge in [-0.05, 0) is 13.0 Å². The summed E-state index contributed by atoms with van der Waals surface area (Å²) in [6.07, 6.45) is 0. The number of nitrogens with two attached hydrogens (primary N) is 3. The third-order valence-corrected chi connectivity index (χ3v) is 1.47. The zero-order valence-electron chi connectivity index (χ0n) is 6.41. The van der Waals surface area contributed by atoms with Gasteiger partial charge in [-0.25, -0.2) is 4.98 Å². The highest BCUT2D eigenvalue weighted by Gasteiger charge is 2.04. The zero-order valence-corrected chi connectivity index (χ0v) is 6.41. The summed E-state index contributed by atoms with van der Waals surface area (Å²) in [5.41, 5.74) is 17.4. The van der Waals surface area contributed by atoms with Gasteiger partial charge in [0.25, 0.3) is 0 Å². The third kappa shape index (κ3) is 1.59. The molecule has 0 bridgehead atoms. The van der Waals surface area contributed by atoms with E-state index in [2.05, 4.69) is 4.98 Å². The summed E-state index contributed by atoms with van der Waals surface area (Å²) in [4.78, 5) is 3.87. The number of hydrogen-bond acceptors (Lipinski definition) is 4. The van der Waals surface area contributed by atoms with Crippen LogP contribution in [0, 0.1) is 0 Å². The smallest absolute Gasteiger partial charge is 0.130 e. The van der Waals surface area contributed by atoms with E-state index in [4.69, 9.17) is 17.2 Å². The second-order valence-electron chi connectivity index (χ2n) is 2.50. The summed E-state index contributed by atoms with van der Waals surface area (Å²) >= 11 is 0. The minimum atomic E-state index is -0.0944. The first-order chi connectivity index (χ1) is 5.11. The highest BCUT2D eigenvalue weighted by Crippen LogP contribution is 2.16. The van der Waals surface area contributed by atoms with Crippen molar-refractivity contribution in [1.29, 1.82) is 0 Å². The number of hydrogen-bond donors (Lipinski definition) is 3. The van der Waals surface area contributed by atoms with Crippen molar-refractivity contribution in [2.45, 2.75) is 13.0 Å². The lowest BCUT2D eigenvalue weighted by molar-refractivity contribution is 0.816. The molecule has 0 aromatic carbocycles. The van der Waals surface area contributed by atoms with Gasteiger partial charge >= 0.3 is 0 Å². The Morgan fingerprint density at radius 2 is 2.00 bits per heavy atom. The van der Waals surface area contributed by atoms with Gasteiger partial charge in [-0.1, -0.05) is 6.07 Å². The van der Waals surface area contributed by atoms with E-state index in [0.717, 1.165) is 5.56 Å². The molecule has 11 heavy (non-hydrogen) atoms. The number of anilines is 2. The molecule has 4 nitrogen and oxygen atoms in total. The Labute approximate surface area is 65.4 Å². The van der Waals surface area contributed by atoms with E-state index in [-0.39, 0.29) is 6.04 Å². The maximum Gasteiger partial charge on any atom is 0.130 e. The molecule has 1 rings (SSSR count). The molecule has 1 atom stereocenters. The number of aromatic nitrogens is 1. The SMILES string of the molecule is CC(N)c1ccc(N)nc1N. The van der Waals surface area contributed by atoms with Gasteiger partial charge < -0.3 is 17.2 Å². The monoisotopic (exact) mass is 152 g/mol. The van der Waals surface area contributed by atoms with Crippen molar-refractivity contribution in [3.8, 4) is 0 Å². The van der Waals surface area contributed by atoms with Crippen molar-refractivity contribution in [1.82, 2.24) is 4.98 Å². The lowest BCUT2D eigenvalue weighted by atomic mass is 10.1. The summed E-state index contributed by atoms with van der Waals surface area (Å²) < 4.78 is 0. The highest BCUT2D eigenvalue weighted by atomic mass is 14.9. The van der Waals surface area contributed by atoms with Crippen LogP contribution in [0.15, 0.2) is 12.1 Å². The van der Waals surface area contributed by atoms with Crippen molar-refractivity contribution >= 4 is 11.6 Å². The van der Waals surface area contributed by atoms with Crippen LogP contribution in [0.2, 0.25) is 0 Å². The molecule has 1 unspecified atom stereocenters. The standard InChI is InChI=1S/C7H12N4/c1-4(8)5-2-3-6(9)11-7(5)10/h2-4H,8H2,1H3,(H4,9,10,11). The van der Waals surface area contributed by atoms with Crippen LogP contribution in [-0.2, 0) is 0 Å². The van der Waals surface area contributed by atoms with Crippen LogP contribution < -0.4 is 17.2 Å². The normalized spacial score (nSPS) is 12.9. The van der Waals surface area contributed by atoms with Gasteiger partial charge in [-0.2, -0.15) is 0 Å². The van der Waals surface area contributed by atoms with Gasteiger partial charge in [-0.3, -0.25) is 0 Å². The van der Waals surface area contributed by atoms with Crippen LogP contribution in [0.5, 0.6) is 0 Å². The molecule has 0 aliphatic rings. The zero-order chi connectivity index (χ0) is 8.43. The highest BCUT2D eigenvalue weighted by molar-refractivity contribution is 5.47. The average Bonchev–Trinajstić information content (AvgIpc) is 1.85. The maximum absolute atomic E-state index is 5.60. The van der Waals surface area contributed by atoms with Gasteiger partial charge in [-0.15, -0.1) is 0 Å². The van der Waals surface area contributed by atoms with Crippen molar-refractivity contribution in [2.75, 3.05) is 11.5 Å². The van der Waals surface area contributed by atoms with E-state index in [9.17, 15) is 0 Å². The molecule has 4 heteroatoms. The Hall–Kier alpha value is -1.29. The molecule has 1 aromatic heterocycles. The summed E-state index contributed by atoms with van der Waals surface area (Å²) in [7, 11) is 0. The summed E-state index contributed by atoms with van der Waals surface area (Å²) in [5, 5.41) is 0. The van der Waals surface area contributed by atoms with E-state index < -0.39 is 0 Å². The Morgan fingerprint density at radius 3 is 2.45 bits per heavy atom. The second-order valence-corrected chi connectivity index (χ2v) is 2.50. The van der Waals surface area contributed by atoms with Crippen LogP contribution in [0.3, 0.4) is 0 Å². The van der Waals surface area contributed by atoms with Gasteiger partial charge in [0.2, 0.25) is 0 Å². The largest absolute Gasteiger partial charge is 0.384 e. The van der Waals surface area contributed by atoms with E-state index in [1.165, 1.54) is 0 Å². The summed E-state index contributed by atoms with van der Waals surface area (Å²) in [6.45, 7) is 1.85. The van der Waals surface area contributed by atoms with Crippen LogP contribution in [0.1, 0.15) is 18.5 Å². The number of pyridine rings is 1. The number of rotatable bonds is 1. The van der Waals surface area contributed by atoms with Crippen molar-refractivity contribution < 1.29 is 0 Å². The van der Waals surface area contributed by atoms with E-state index >= 15 is 0 Å². The lowest BCUT2D eigenvalue weighted by Crippen LogP contribution is -2.10. The minimum Gasteiger partial charge on any atom is -0.384 e. The first kappa shape index (κ1) is 7.81. The topological polar surface area (TPSA) is 91.0 Å². The quantitative estimate of drug-likeness (QED) is 0.538. The summed E-state index contributed by atoms with van der Waals surface area (Å²) in [5.74, 6) is 0.840. The van der Waals surface area contributed by atoms with Gasteiger partial charge in [0.1, 0.15) is 11.6 Å². The van der Waals surface area contributed by atoms with Gasteiger partial charge in [0, 0.05) is 11.6 Å². The number of nitrogen functional groups attached to an aromatic ring is 2. The predicted octanol–water partition coefficient (Wildman–Crippen LogP) is 0.266. The molecular formula is C7H12N4. The minimum absolute atomic E-state index is 0.0944. The first-order valence-corrected chi connectivity index (χ1v) is 3.38. The van der Waals surface area contributed by atoms with E-state index in [1.807, 2.05) is 6.92 Å². The molecule has 0 fully saturated rings. The Morgan fingerprint density at radius 1 is 1.36 bits per heavy atom. The lowest BCUT2D eigenvalue weighted by Gasteiger charge is -2.07. The molecule has 1 aromatic rings. The van der Waals surface area contributed by atoms with E-state index in [0.29, 0.717) is 11.6 Å². The number of nitrogens with zero attached hydrogens (tertiary/aromatic N) is 1. The fourth-order valence-electron chi connectivity index (χ4n) is 0.886. The molecule has 1 heterocycles. The van der Waals surface area contributed by atoms with Crippen LogP contribution in [0.25, 0.3) is 0 Å². The predicted molar refractivity (Wildman–Crippen MR) is 45.7 cm³/mol. The molecule has 0 saturated carbocycles. The van der Waals surface area contributed by atoms with Crippen LogP contribution in [0.4, 0.5) is 11.6 Å². The van der Waals surface area contributed by atoms with Crippen molar-refractivity contribution in [3.63, 3.8) is 0 Å². The Balaban J connectivity index is 3.09. The molecular weight excluding hydrogens is 140 g/mol. The third-order valence-electron chi connectivity index (χ3n) is 1.47. The fraction of sp³-hybridized carbons (Fsp3) is 0.286. The molecule has 0 aliphatic carbocycles. The maximum atomic E-state index is 5.60. The van der Waals surface area contributed by atoms with Gasteiger partial charge in [0.15, 0.2) is 0 Å².